The standard InChI is InChI=1S/C77H150O17P2/c1-7-9-11-13-15-17-19-21-29-33-36-40-47-53-59-74(79)87-65-72(93-77(82)62-56-50-42-38-34-30-27-25-23-22-24-26-28-31-35-39-45-51-57-69(3)4)67-91-95(83,84)89-63-71(78)64-90-96(85,86)92-68-73(66-88-75(80)60-54-48-44-43-46-52-58-70(5)6)94-76(81)61-55-49-41-37-32-20-18-16-14-12-10-8-2/h69-73,78H,7-68H2,1-6H3,(H,83,84)(H,85,86)/t71-,72-,73-/m1/s1. The fraction of sp³-hybridized carbons (Fsp3) is 0.948. The van der Waals surface area contributed by atoms with Crippen molar-refractivity contribution in [1.82, 2.24) is 0 Å². The Morgan fingerprint density at radius 1 is 0.281 bits per heavy atom. The van der Waals surface area contributed by atoms with Gasteiger partial charge in [-0.3, -0.25) is 37.3 Å². The number of phosphoric ester groups is 2. The van der Waals surface area contributed by atoms with E-state index in [-0.39, 0.29) is 25.7 Å². The van der Waals surface area contributed by atoms with Crippen LogP contribution in [0.2, 0.25) is 0 Å². The van der Waals surface area contributed by atoms with Crippen LogP contribution in [0.1, 0.15) is 401 Å². The van der Waals surface area contributed by atoms with Crippen molar-refractivity contribution in [3.05, 3.63) is 0 Å². The van der Waals surface area contributed by atoms with Crippen LogP contribution < -0.4 is 0 Å². The number of aliphatic hydroxyl groups excluding tert-OH is 1. The Labute approximate surface area is 588 Å². The van der Waals surface area contributed by atoms with E-state index < -0.39 is 97.5 Å². The van der Waals surface area contributed by atoms with Crippen molar-refractivity contribution in [3.8, 4) is 0 Å². The number of carbonyl (C=O) groups excluding carboxylic acids is 4. The molecule has 17 nitrogen and oxygen atoms in total. The Morgan fingerprint density at radius 2 is 0.479 bits per heavy atom. The van der Waals surface area contributed by atoms with Crippen molar-refractivity contribution in [2.24, 2.45) is 11.8 Å². The van der Waals surface area contributed by atoms with Gasteiger partial charge in [0.15, 0.2) is 12.2 Å². The highest BCUT2D eigenvalue weighted by Gasteiger charge is 2.30. The molecule has 570 valence electrons. The molecular weight excluding hydrogens is 1260 g/mol. The topological polar surface area (TPSA) is 237 Å². The molecule has 5 atom stereocenters. The van der Waals surface area contributed by atoms with Crippen LogP contribution in [-0.2, 0) is 65.4 Å². The van der Waals surface area contributed by atoms with Gasteiger partial charge in [0.05, 0.1) is 26.4 Å². The van der Waals surface area contributed by atoms with E-state index >= 15 is 0 Å². The normalized spacial score (nSPS) is 14.0. The van der Waals surface area contributed by atoms with Crippen LogP contribution in [0.5, 0.6) is 0 Å². The SMILES string of the molecule is CCCCCCCCCCCCCCCCC(=O)OC[C@H](COP(=O)(O)OC[C@@H](O)COP(=O)(O)OC[C@@H](COC(=O)CCCCCCCCC(C)C)OC(=O)CCCCCCCCCCCCCC)OC(=O)CCCCCCCCCCCCCCCCCCCCC(C)C. The van der Waals surface area contributed by atoms with Gasteiger partial charge in [0, 0.05) is 25.7 Å². The zero-order valence-corrected chi connectivity index (χ0v) is 64.5. The van der Waals surface area contributed by atoms with E-state index in [9.17, 15) is 43.2 Å². The number of rotatable bonds is 76. The van der Waals surface area contributed by atoms with Gasteiger partial charge in [-0.2, -0.15) is 0 Å². The summed E-state index contributed by atoms with van der Waals surface area (Å²) < 4.78 is 68.5. The Morgan fingerprint density at radius 3 is 0.708 bits per heavy atom. The molecule has 0 spiro atoms. The van der Waals surface area contributed by atoms with Crippen LogP contribution in [-0.4, -0.2) is 96.7 Å². The molecule has 0 heterocycles. The van der Waals surface area contributed by atoms with Crippen molar-refractivity contribution in [2.45, 2.75) is 419 Å². The second-order valence-electron chi connectivity index (χ2n) is 28.7. The number of phosphoric acid groups is 2. The third-order valence-electron chi connectivity index (χ3n) is 18.0. The van der Waals surface area contributed by atoms with Gasteiger partial charge >= 0.3 is 39.5 Å². The lowest BCUT2D eigenvalue weighted by Gasteiger charge is -2.21. The molecular formula is C77H150O17P2. The number of esters is 4. The van der Waals surface area contributed by atoms with Crippen LogP contribution in [0, 0.1) is 11.8 Å². The first-order valence-corrected chi connectivity index (χ1v) is 43.0. The molecule has 0 amide bonds. The zero-order chi connectivity index (χ0) is 70.7. The second kappa shape index (κ2) is 68.8. The van der Waals surface area contributed by atoms with E-state index in [1.807, 2.05) is 0 Å². The molecule has 0 aliphatic heterocycles. The summed E-state index contributed by atoms with van der Waals surface area (Å²) in [6.07, 6.45) is 57.0. The van der Waals surface area contributed by atoms with Crippen molar-refractivity contribution >= 4 is 39.5 Å². The molecule has 0 saturated heterocycles. The highest BCUT2D eigenvalue weighted by molar-refractivity contribution is 7.47. The monoisotopic (exact) mass is 1410 g/mol. The van der Waals surface area contributed by atoms with Crippen LogP contribution in [0.15, 0.2) is 0 Å². The molecule has 2 unspecified atom stereocenters. The van der Waals surface area contributed by atoms with E-state index in [0.717, 1.165) is 102 Å². The first-order valence-electron chi connectivity index (χ1n) is 40.0. The number of hydrogen-bond donors (Lipinski definition) is 3. The summed E-state index contributed by atoms with van der Waals surface area (Å²) in [5, 5.41) is 10.6. The Bertz CT molecular complexity index is 1860. The maximum atomic E-state index is 13.1. The van der Waals surface area contributed by atoms with Crippen molar-refractivity contribution < 1.29 is 80.2 Å². The Balaban J connectivity index is 5.19. The summed E-state index contributed by atoms with van der Waals surface area (Å²) in [7, 11) is -9.91. The van der Waals surface area contributed by atoms with Crippen LogP contribution in [0.3, 0.4) is 0 Å². The van der Waals surface area contributed by atoms with Crippen molar-refractivity contribution in [3.63, 3.8) is 0 Å². The minimum Gasteiger partial charge on any atom is -0.462 e. The third-order valence-corrected chi connectivity index (χ3v) is 19.9. The first kappa shape index (κ1) is 94.1. The Kier molecular flexibility index (Phi) is 67.4. The smallest absolute Gasteiger partial charge is 0.462 e. The molecule has 0 fully saturated rings. The largest absolute Gasteiger partial charge is 0.472 e. The lowest BCUT2D eigenvalue weighted by molar-refractivity contribution is -0.161. The summed E-state index contributed by atoms with van der Waals surface area (Å²) in [5.41, 5.74) is 0. The Hall–Kier alpha value is -1.94. The molecule has 0 saturated carbocycles. The number of unbranched alkanes of at least 4 members (excludes halogenated alkanes) is 46. The summed E-state index contributed by atoms with van der Waals surface area (Å²) in [6.45, 7) is 9.56. The summed E-state index contributed by atoms with van der Waals surface area (Å²) in [6, 6.07) is 0. The lowest BCUT2D eigenvalue weighted by Crippen LogP contribution is -2.30. The van der Waals surface area contributed by atoms with E-state index in [1.54, 1.807) is 0 Å². The first-order chi connectivity index (χ1) is 46.4. The number of aliphatic hydroxyl groups is 1. The maximum Gasteiger partial charge on any atom is 0.472 e. The second-order valence-corrected chi connectivity index (χ2v) is 31.6. The molecule has 0 aromatic rings. The molecule has 0 aliphatic rings. The van der Waals surface area contributed by atoms with Crippen LogP contribution in [0.4, 0.5) is 0 Å². The molecule has 0 aliphatic carbocycles. The quantitative estimate of drug-likeness (QED) is 0.0222. The third kappa shape index (κ3) is 70.5. The molecule has 0 aromatic heterocycles. The van der Waals surface area contributed by atoms with Gasteiger partial charge < -0.3 is 33.8 Å². The molecule has 0 aromatic carbocycles. The van der Waals surface area contributed by atoms with E-state index in [4.69, 9.17) is 37.0 Å². The summed E-state index contributed by atoms with van der Waals surface area (Å²) in [5.74, 6) is -0.615. The lowest BCUT2D eigenvalue weighted by atomic mass is 10.0. The van der Waals surface area contributed by atoms with Gasteiger partial charge in [0.2, 0.25) is 0 Å². The van der Waals surface area contributed by atoms with E-state index in [0.29, 0.717) is 31.6 Å². The van der Waals surface area contributed by atoms with Gasteiger partial charge in [0.1, 0.15) is 19.3 Å². The van der Waals surface area contributed by atoms with Crippen molar-refractivity contribution in [2.75, 3.05) is 39.6 Å². The summed E-state index contributed by atoms with van der Waals surface area (Å²) >= 11 is 0. The van der Waals surface area contributed by atoms with E-state index in [1.165, 1.54) is 212 Å². The van der Waals surface area contributed by atoms with Gasteiger partial charge in [-0.25, -0.2) is 9.13 Å². The average Bonchev–Trinajstić information content (AvgIpc) is 1.51. The molecule has 3 N–H and O–H groups in total. The van der Waals surface area contributed by atoms with Gasteiger partial charge in [-0.15, -0.1) is 0 Å². The molecule has 0 radical (unpaired) electrons. The fourth-order valence-corrected chi connectivity index (χ4v) is 13.4. The predicted octanol–water partition coefficient (Wildman–Crippen LogP) is 22.7. The molecule has 0 bridgehead atoms. The van der Waals surface area contributed by atoms with Crippen LogP contribution in [0.25, 0.3) is 0 Å². The van der Waals surface area contributed by atoms with Crippen molar-refractivity contribution in [1.29, 1.82) is 0 Å². The minimum atomic E-state index is -4.96. The predicted molar refractivity (Wildman–Crippen MR) is 391 cm³/mol. The van der Waals surface area contributed by atoms with Gasteiger partial charge in [0.25, 0.3) is 0 Å². The minimum absolute atomic E-state index is 0.106. The van der Waals surface area contributed by atoms with E-state index in [2.05, 4.69) is 41.5 Å². The fourth-order valence-electron chi connectivity index (χ4n) is 11.8. The number of hydrogen-bond acceptors (Lipinski definition) is 15. The highest BCUT2D eigenvalue weighted by atomic mass is 31.2. The molecule has 96 heavy (non-hydrogen) atoms. The number of ether oxygens (including phenoxy) is 4. The maximum absolute atomic E-state index is 13.1. The molecule has 0 rings (SSSR count). The average molecular weight is 1410 g/mol. The zero-order valence-electron chi connectivity index (χ0n) is 62.7. The molecule has 19 heteroatoms. The van der Waals surface area contributed by atoms with Gasteiger partial charge in [-0.1, -0.05) is 350 Å². The summed E-state index contributed by atoms with van der Waals surface area (Å²) in [4.78, 5) is 72.8. The highest BCUT2D eigenvalue weighted by Crippen LogP contribution is 2.45. The van der Waals surface area contributed by atoms with Gasteiger partial charge in [-0.05, 0) is 37.5 Å². The number of carbonyl (C=O) groups is 4. The van der Waals surface area contributed by atoms with Crippen LogP contribution >= 0.6 is 15.6 Å².